The molecular weight excluding hydrogens is 382 g/mol. The van der Waals surface area contributed by atoms with Gasteiger partial charge in [-0.25, -0.2) is 9.97 Å². The van der Waals surface area contributed by atoms with Crippen molar-refractivity contribution < 1.29 is 9.47 Å². The molecule has 9 nitrogen and oxygen atoms in total. The van der Waals surface area contributed by atoms with E-state index in [4.69, 9.17) is 14.7 Å². The molecule has 2 N–H and O–H groups in total. The second kappa shape index (κ2) is 8.80. The van der Waals surface area contributed by atoms with Crippen molar-refractivity contribution in [3.63, 3.8) is 0 Å². The van der Waals surface area contributed by atoms with Gasteiger partial charge in [0.1, 0.15) is 30.0 Å². The number of aromatic amines is 1. The number of benzene rings is 1. The number of H-pyrrole nitrogens is 1. The molecule has 1 aliphatic rings. The normalized spacial score (nSPS) is 16.2. The number of nitrogens with one attached hydrogen (secondary N) is 2. The van der Waals surface area contributed by atoms with Gasteiger partial charge in [-0.05, 0) is 38.6 Å². The molecule has 9 heteroatoms. The Bertz CT molecular complexity index is 1040. The SMILES string of the molecule is COc1cc(OCC2CCCN2C)ccc1-c1cc(Nc2cnc(C#N)cn2)n[nH]1. The van der Waals surface area contributed by atoms with E-state index in [9.17, 15) is 0 Å². The summed E-state index contributed by atoms with van der Waals surface area (Å²) in [5.41, 5.74) is 1.92. The number of rotatable bonds is 7. The summed E-state index contributed by atoms with van der Waals surface area (Å²) in [5.74, 6) is 2.55. The van der Waals surface area contributed by atoms with Gasteiger partial charge in [-0.15, -0.1) is 0 Å². The van der Waals surface area contributed by atoms with Crippen LogP contribution in [0.4, 0.5) is 11.6 Å². The van der Waals surface area contributed by atoms with Gasteiger partial charge in [-0.2, -0.15) is 10.4 Å². The van der Waals surface area contributed by atoms with Crippen molar-refractivity contribution in [2.75, 3.05) is 32.6 Å². The highest BCUT2D eigenvalue weighted by Crippen LogP contribution is 2.33. The predicted octanol–water partition coefficient (Wildman–Crippen LogP) is 2.96. The smallest absolute Gasteiger partial charge is 0.158 e. The van der Waals surface area contributed by atoms with Crippen molar-refractivity contribution in [3.05, 3.63) is 42.4 Å². The molecule has 0 amide bonds. The summed E-state index contributed by atoms with van der Waals surface area (Å²) >= 11 is 0. The summed E-state index contributed by atoms with van der Waals surface area (Å²) in [4.78, 5) is 10.5. The highest BCUT2D eigenvalue weighted by atomic mass is 16.5. The number of ether oxygens (including phenoxy) is 2. The van der Waals surface area contributed by atoms with Crippen molar-refractivity contribution in [3.8, 4) is 28.8 Å². The first-order valence-corrected chi connectivity index (χ1v) is 9.72. The van der Waals surface area contributed by atoms with Gasteiger partial charge in [0.05, 0.1) is 25.2 Å². The van der Waals surface area contributed by atoms with Crippen LogP contribution in [0.3, 0.4) is 0 Å². The Morgan fingerprint density at radius 3 is 2.87 bits per heavy atom. The Kier molecular flexibility index (Phi) is 5.77. The molecule has 1 saturated heterocycles. The van der Waals surface area contributed by atoms with Crippen LogP contribution in [0.5, 0.6) is 11.5 Å². The fourth-order valence-corrected chi connectivity index (χ4v) is 3.47. The maximum absolute atomic E-state index is 8.80. The van der Waals surface area contributed by atoms with Crippen molar-refractivity contribution in [2.45, 2.75) is 18.9 Å². The minimum atomic E-state index is 0.259. The molecule has 30 heavy (non-hydrogen) atoms. The lowest BCUT2D eigenvalue weighted by atomic mass is 10.1. The average Bonchev–Trinajstić information content (AvgIpc) is 3.41. The zero-order chi connectivity index (χ0) is 20.9. The Labute approximate surface area is 174 Å². The number of hydrogen-bond acceptors (Lipinski definition) is 8. The largest absolute Gasteiger partial charge is 0.496 e. The minimum absolute atomic E-state index is 0.259. The predicted molar refractivity (Wildman–Crippen MR) is 112 cm³/mol. The number of hydrogen-bond donors (Lipinski definition) is 2. The van der Waals surface area contributed by atoms with Crippen LogP contribution in [-0.4, -0.2) is 58.4 Å². The van der Waals surface area contributed by atoms with Crippen LogP contribution >= 0.6 is 0 Å². The third-order valence-electron chi connectivity index (χ3n) is 5.18. The quantitative estimate of drug-likeness (QED) is 0.617. The van der Waals surface area contributed by atoms with E-state index >= 15 is 0 Å². The van der Waals surface area contributed by atoms with E-state index in [0.29, 0.717) is 30.0 Å². The summed E-state index contributed by atoms with van der Waals surface area (Å²) in [5, 5.41) is 19.1. The van der Waals surface area contributed by atoms with Gasteiger partial charge < -0.3 is 19.7 Å². The fraction of sp³-hybridized carbons (Fsp3) is 0.333. The number of aromatic nitrogens is 4. The standard InChI is InChI=1S/C21H23N7O2/c1-28-7-3-4-15(28)13-30-16-5-6-17(19(8-16)29-2)18-9-20(27-26-18)25-21-12-23-14(10-22)11-24-21/h5-6,8-9,11-12,15H,3-4,7,13H2,1-2H3,(H2,24,25,26,27). The fourth-order valence-electron chi connectivity index (χ4n) is 3.47. The van der Waals surface area contributed by atoms with Crippen LogP contribution in [0, 0.1) is 11.3 Å². The van der Waals surface area contributed by atoms with Gasteiger partial charge in [0, 0.05) is 23.7 Å². The van der Waals surface area contributed by atoms with E-state index in [1.165, 1.54) is 25.2 Å². The molecule has 3 aromatic rings. The van der Waals surface area contributed by atoms with E-state index in [0.717, 1.165) is 23.6 Å². The van der Waals surface area contributed by atoms with Crippen LogP contribution < -0.4 is 14.8 Å². The first kappa shape index (κ1) is 19.7. The summed E-state index contributed by atoms with van der Waals surface area (Å²) < 4.78 is 11.6. The Morgan fingerprint density at radius 2 is 2.17 bits per heavy atom. The van der Waals surface area contributed by atoms with Gasteiger partial charge in [-0.1, -0.05) is 0 Å². The molecule has 2 aromatic heterocycles. The minimum Gasteiger partial charge on any atom is -0.496 e. The van der Waals surface area contributed by atoms with Crippen LogP contribution in [0.25, 0.3) is 11.3 Å². The molecule has 1 aliphatic heterocycles. The molecule has 4 rings (SSSR count). The second-order valence-corrected chi connectivity index (χ2v) is 7.14. The zero-order valence-electron chi connectivity index (χ0n) is 16.9. The highest BCUT2D eigenvalue weighted by molar-refractivity contribution is 5.71. The van der Waals surface area contributed by atoms with E-state index in [1.54, 1.807) is 7.11 Å². The Hall–Kier alpha value is -3.64. The van der Waals surface area contributed by atoms with Crippen LogP contribution in [0.2, 0.25) is 0 Å². The van der Waals surface area contributed by atoms with Crippen LogP contribution in [0.1, 0.15) is 18.5 Å². The number of methoxy groups -OCH3 is 1. The summed E-state index contributed by atoms with van der Waals surface area (Å²) in [7, 11) is 3.77. The molecule has 0 aliphatic carbocycles. The lowest BCUT2D eigenvalue weighted by molar-refractivity contribution is 0.198. The highest BCUT2D eigenvalue weighted by Gasteiger charge is 2.21. The summed E-state index contributed by atoms with van der Waals surface area (Å²) in [6, 6.07) is 10.0. The molecule has 0 saturated carbocycles. The van der Waals surface area contributed by atoms with Gasteiger partial charge >= 0.3 is 0 Å². The van der Waals surface area contributed by atoms with E-state index in [2.05, 4.69) is 37.4 Å². The van der Waals surface area contributed by atoms with Crippen molar-refractivity contribution >= 4 is 11.6 Å². The topological polar surface area (TPSA) is 112 Å². The maximum Gasteiger partial charge on any atom is 0.158 e. The van der Waals surface area contributed by atoms with Crippen LogP contribution in [0.15, 0.2) is 36.7 Å². The lowest BCUT2D eigenvalue weighted by Gasteiger charge is -2.20. The van der Waals surface area contributed by atoms with Gasteiger partial charge in [0.2, 0.25) is 0 Å². The molecule has 0 bridgehead atoms. The van der Waals surface area contributed by atoms with Gasteiger partial charge in [0.25, 0.3) is 0 Å². The molecule has 1 unspecified atom stereocenters. The molecule has 0 spiro atoms. The molecule has 1 atom stereocenters. The Balaban J connectivity index is 1.46. The summed E-state index contributed by atoms with van der Waals surface area (Å²) in [6.07, 6.45) is 5.28. The zero-order valence-corrected chi connectivity index (χ0v) is 16.9. The molecular formula is C21H23N7O2. The van der Waals surface area contributed by atoms with Gasteiger partial charge in [-0.3, -0.25) is 5.10 Å². The average molecular weight is 405 g/mol. The van der Waals surface area contributed by atoms with Crippen molar-refractivity contribution in [2.24, 2.45) is 0 Å². The number of anilines is 2. The van der Waals surface area contributed by atoms with Gasteiger partial charge in [0.15, 0.2) is 11.5 Å². The van der Waals surface area contributed by atoms with Crippen molar-refractivity contribution in [1.29, 1.82) is 5.26 Å². The van der Waals surface area contributed by atoms with Crippen molar-refractivity contribution in [1.82, 2.24) is 25.1 Å². The number of likely N-dealkylation sites (tertiary alicyclic amines) is 1. The molecule has 154 valence electrons. The number of likely N-dealkylation sites (N-methyl/N-ethyl adjacent to an activating group) is 1. The van der Waals surface area contributed by atoms with E-state index in [1.807, 2.05) is 30.3 Å². The first-order chi connectivity index (χ1) is 14.7. The van der Waals surface area contributed by atoms with Crippen LogP contribution in [-0.2, 0) is 0 Å². The molecule has 3 heterocycles. The summed E-state index contributed by atoms with van der Waals surface area (Å²) in [6.45, 7) is 1.79. The first-order valence-electron chi connectivity index (χ1n) is 9.72. The maximum atomic E-state index is 8.80. The molecule has 0 radical (unpaired) electrons. The second-order valence-electron chi connectivity index (χ2n) is 7.14. The lowest BCUT2D eigenvalue weighted by Crippen LogP contribution is -2.30. The molecule has 1 fully saturated rings. The third-order valence-corrected chi connectivity index (χ3v) is 5.18. The van der Waals surface area contributed by atoms with E-state index < -0.39 is 0 Å². The van der Waals surface area contributed by atoms with E-state index in [-0.39, 0.29) is 5.69 Å². The number of nitrogens with zero attached hydrogens (tertiary/aromatic N) is 5. The third kappa shape index (κ3) is 4.34. The molecule has 1 aromatic carbocycles. The number of nitriles is 1. The Morgan fingerprint density at radius 1 is 1.27 bits per heavy atom. The monoisotopic (exact) mass is 405 g/mol.